The summed E-state index contributed by atoms with van der Waals surface area (Å²) in [6.07, 6.45) is 0. The Hall–Kier alpha value is -0.370. The SMILES string of the molecule is CC1CN(c2ccc(F)cc2I)S(=O)(=O)C1. The summed E-state index contributed by atoms with van der Waals surface area (Å²) in [5.74, 6) is -0.0656. The Labute approximate surface area is 108 Å². The topological polar surface area (TPSA) is 37.4 Å². The smallest absolute Gasteiger partial charge is 0.235 e. The Balaban J connectivity index is 2.45. The molecule has 1 saturated heterocycles. The maximum absolute atomic E-state index is 12.9. The third-order valence-electron chi connectivity index (χ3n) is 2.49. The summed E-state index contributed by atoms with van der Waals surface area (Å²) in [5.41, 5.74) is 0.575. The van der Waals surface area contributed by atoms with Crippen molar-refractivity contribution in [1.82, 2.24) is 0 Å². The van der Waals surface area contributed by atoms with E-state index in [1.54, 1.807) is 0 Å². The van der Waals surface area contributed by atoms with Gasteiger partial charge in [-0.3, -0.25) is 4.31 Å². The first-order valence-electron chi connectivity index (χ1n) is 4.85. The minimum absolute atomic E-state index is 0.117. The van der Waals surface area contributed by atoms with Crippen molar-refractivity contribution in [3.8, 4) is 0 Å². The predicted molar refractivity (Wildman–Crippen MR) is 69.4 cm³/mol. The summed E-state index contributed by atoms with van der Waals surface area (Å²) in [5, 5.41) is 0. The number of benzene rings is 1. The number of halogens is 2. The predicted octanol–water partition coefficient (Wildman–Crippen LogP) is 2.22. The fourth-order valence-corrected chi connectivity index (χ4v) is 4.71. The minimum atomic E-state index is -3.22. The van der Waals surface area contributed by atoms with Crippen molar-refractivity contribution in [1.29, 1.82) is 0 Å². The molecule has 1 fully saturated rings. The van der Waals surface area contributed by atoms with Gasteiger partial charge in [-0.05, 0) is 46.7 Å². The molecule has 0 spiro atoms. The normalized spacial score (nSPS) is 23.7. The standard InChI is InChI=1S/C10H11FINO2S/c1-7-5-13(16(14,15)6-7)10-3-2-8(11)4-9(10)12/h2-4,7H,5-6H2,1H3. The van der Waals surface area contributed by atoms with Crippen LogP contribution in [0.15, 0.2) is 18.2 Å². The number of rotatable bonds is 1. The van der Waals surface area contributed by atoms with Gasteiger partial charge in [-0.2, -0.15) is 0 Å². The van der Waals surface area contributed by atoms with Gasteiger partial charge < -0.3 is 0 Å². The van der Waals surface area contributed by atoms with Gasteiger partial charge in [0.1, 0.15) is 5.82 Å². The van der Waals surface area contributed by atoms with Crippen molar-refractivity contribution in [3.63, 3.8) is 0 Å². The Bertz CT molecular complexity index is 518. The molecule has 1 aromatic rings. The Morgan fingerprint density at radius 3 is 2.69 bits per heavy atom. The Kier molecular flexibility index (Phi) is 3.13. The van der Waals surface area contributed by atoms with E-state index in [9.17, 15) is 12.8 Å². The van der Waals surface area contributed by atoms with Crippen LogP contribution in [0, 0.1) is 15.3 Å². The first kappa shape index (κ1) is 12.1. The highest BCUT2D eigenvalue weighted by atomic mass is 127. The third-order valence-corrected chi connectivity index (χ3v) is 5.36. The van der Waals surface area contributed by atoms with Gasteiger partial charge in [-0.15, -0.1) is 0 Å². The summed E-state index contributed by atoms with van der Waals surface area (Å²) in [6, 6.07) is 4.15. The number of nitrogens with zero attached hydrogens (tertiary/aromatic N) is 1. The van der Waals surface area contributed by atoms with Crippen LogP contribution in [0.25, 0.3) is 0 Å². The van der Waals surface area contributed by atoms with E-state index in [4.69, 9.17) is 0 Å². The van der Waals surface area contributed by atoms with E-state index in [2.05, 4.69) is 0 Å². The molecule has 0 amide bonds. The fraction of sp³-hybridized carbons (Fsp3) is 0.400. The van der Waals surface area contributed by atoms with E-state index >= 15 is 0 Å². The lowest BCUT2D eigenvalue weighted by molar-refractivity contribution is 0.597. The van der Waals surface area contributed by atoms with Gasteiger partial charge in [0.25, 0.3) is 0 Å². The van der Waals surface area contributed by atoms with Crippen LogP contribution in [-0.2, 0) is 10.0 Å². The summed E-state index contributed by atoms with van der Waals surface area (Å²) in [6.45, 7) is 2.37. The molecular weight excluding hydrogens is 344 g/mol. The molecule has 1 aliphatic rings. The lowest BCUT2D eigenvalue weighted by Gasteiger charge is -2.18. The second-order valence-electron chi connectivity index (χ2n) is 4.01. The maximum atomic E-state index is 12.9. The molecule has 1 aliphatic heterocycles. The van der Waals surface area contributed by atoms with Gasteiger partial charge in [0.2, 0.25) is 10.0 Å². The van der Waals surface area contributed by atoms with Crippen LogP contribution in [0.5, 0.6) is 0 Å². The van der Waals surface area contributed by atoms with Crippen LogP contribution < -0.4 is 4.31 Å². The van der Waals surface area contributed by atoms with Crippen molar-refractivity contribution >= 4 is 38.3 Å². The molecule has 1 atom stereocenters. The van der Waals surface area contributed by atoms with Gasteiger partial charge in [-0.25, -0.2) is 12.8 Å². The van der Waals surface area contributed by atoms with Crippen LogP contribution in [0.1, 0.15) is 6.92 Å². The molecule has 88 valence electrons. The second kappa shape index (κ2) is 4.14. The van der Waals surface area contributed by atoms with Crippen molar-refractivity contribution in [3.05, 3.63) is 27.6 Å². The quantitative estimate of drug-likeness (QED) is 0.725. The molecular formula is C10H11FINO2S. The van der Waals surface area contributed by atoms with Gasteiger partial charge >= 0.3 is 0 Å². The highest BCUT2D eigenvalue weighted by molar-refractivity contribution is 14.1. The zero-order valence-electron chi connectivity index (χ0n) is 8.65. The third kappa shape index (κ3) is 2.17. The fourth-order valence-electron chi connectivity index (χ4n) is 1.83. The van der Waals surface area contributed by atoms with E-state index < -0.39 is 10.0 Å². The first-order valence-corrected chi connectivity index (χ1v) is 7.54. The van der Waals surface area contributed by atoms with Crippen molar-refractivity contribution in [2.24, 2.45) is 5.92 Å². The molecule has 0 aromatic heterocycles. The average Bonchev–Trinajstić information content (AvgIpc) is 2.39. The highest BCUT2D eigenvalue weighted by Gasteiger charge is 2.34. The number of hydrogen-bond donors (Lipinski definition) is 0. The summed E-state index contributed by atoms with van der Waals surface area (Å²) in [7, 11) is -3.22. The molecule has 0 aliphatic carbocycles. The van der Waals surface area contributed by atoms with Gasteiger partial charge in [0, 0.05) is 10.1 Å². The van der Waals surface area contributed by atoms with E-state index in [0.29, 0.717) is 15.8 Å². The van der Waals surface area contributed by atoms with Crippen LogP contribution in [0.3, 0.4) is 0 Å². The lowest BCUT2D eigenvalue weighted by Crippen LogP contribution is -2.26. The average molecular weight is 355 g/mol. The van der Waals surface area contributed by atoms with Gasteiger partial charge in [-0.1, -0.05) is 6.92 Å². The van der Waals surface area contributed by atoms with Crippen molar-refractivity contribution in [2.45, 2.75) is 6.92 Å². The molecule has 0 bridgehead atoms. The van der Waals surface area contributed by atoms with Crippen LogP contribution >= 0.6 is 22.6 Å². The monoisotopic (exact) mass is 355 g/mol. The molecule has 0 radical (unpaired) electrons. The molecule has 16 heavy (non-hydrogen) atoms. The largest absolute Gasteiger partial charge is 0.269 e. The lowest BCUT2D eigenvalue weighted by atomic mass is 10.2. The number of hydrogen-bond acceptors (Lipinski definition) is 2. The molecule has 1 unspecified atom stereocenters. The van der Waals surface area contributed by atoms with Crippen LogP contribution in [0.4, 0.5) is 10.1 Å². The van der Waals surface area contributed by atoms with E-state index in [1.807, 2.05) is 29.5 Å². The maximum Gasteiger partial charge on any atom is 0.235 e. The molecule has 3 nitrogen and oxygen atoms in total. The van der Waals surface area contributed by atoms with E-state index in [0.717, 1.165) is 0 Å². The van der Waals surface area contributed by atoms with Crippen LogP contribution in [-0.4, -0.2) is 20.7 Å². The molecule has 6 heteroatoms. The molecule has 1 heterocycles. The summed E-state index contributed by atoms with van der Waals surface area (Å²) in [4.78, 5) is 0. The summed E-state index contributed by atoms with van der Waals surface area (Å²) < 4.78 is 38.6. The zero-order valence-corrected chi connectivity index (χ0v) is 11.6. The molecule has 0 N–H and O–H groups in total. The molecule has 2 rings (SSSR count). The second-order valence-corrected chi connectivity index (χ2v) is 7.11. The Morgan fingerprint density at radius 2 is 2.19 bits per heavy atom. The minimum Gasteiger partial charge on any atom is -0.269 e. The first-order chi connectivity index (χ1) is 7.40. The van der Waals surface area contributed by atoms with Crippen LogP contribution in [0.2, 0.25) is 0 Å². The number of anilines is 1. The molecule has 1 aromatic carbocycles. The summed E-state index contributed by atoms with van der Waals surface area (Å²) >= 11 is 1.95. The van der Waals surface area contributed by atoms with Crippen molar-refractivity contribution in [2.75, 3.05) is 16.6 Å². The Morgan fingerprint density at radius 1 is 1.50 bits per heavy atom. The van der Waals surface area contributed by atoms with Gasteiger partial charge in [0.15, 0.2) is 0 Å². The molecule has 0 saturated carbocycles. The van der Waals surface area contributed by atoms with E-state index in [-0.39, 0.29) is 17.5 Å². The van der Waals surface area contributed by atoms with E-state index in [1.165, 1.54) is 22.5 Å². The number of sulfonamides is 1. The highest BCUT2D eigenvalue weighted by Crippen LogP contribution is 2.30. The van der Waals surface area contributed by atoms with Gasteiger partial charge in [0.05, 0.1) is 11.4 Å². The zero-order chi connectivity index (χ0) is 11.9. The van der Waals surface area contributed by atoms with Crippen molar-refractivity contribution < 1.29 is 12.8 Å².